The summed E-state index contributed by atoms with van der Waals surface area (Å²) in [6.45, 7) is 1.94. The quantitative estimate of drug-likeness (QED) is 0.758. The molecular weight excluding hydrogens is 346 g/mol. The Bertz CT molecular complexity index is 780. The number of hydrogen-bond donors (Lipinski definition) is 0. The molecule has 1 saturated heterocycles. The van der Waals surface area contributed by atoms with E-state index in [4.69, 9.17) is 4.74 Å². The molecule has 4 nitrogen and oxygen atoms in total. The second kappa shape index (κ2) is 7.62. The average Bonchev–Trinajstić information content (AvgIpc) is 3.35. The third-order valence-corrected chi connectivity index (χ3v) is 6.38. The third-order valence-electron chi connectivity index (χ3n) is 5.16. The van der Waals surface area contributed by atoms with Crippen molar-refractivity contribution in [2.45, 2.75) is 45.1 Å². The summed E-state index contributed by atoms with van der Waals surface area (Å²) in [6.07, 6.45) is 6.76. The van der Waals surface area contributed by atoms with Crippen LogP contribution < -0.4 is 0 Å². The summed E-state index contributed by atoms with van der Waals surface area (Å²) in [5.74, 6) is -0.156. The average molecular weight is 369 g/mol. The van der Waals surface area contributed by atoms with Gasteiger partial charge in [-0.25, -0.2) is 4.79 Å². The molecule has 136 valence electrons. The monoisotopic (exact) mass is 369 g/mol. The summed E-state index contributed by atoms with van der Waals surface area (Å²) in [6, 6.07) is 9.40. The zero-order chi connectivity index (χ0) is 17.9. The minimum absolute atomic E-state index is 0.0928. The lowest BCUT2D eigenvalue weighted by atomic mass is 9.99. The van der Waals surface area contributed by atoms with Crippen molar-refractivity contribution in [2.75, 3.05) is 13.1 Å². The molecule has 4 rings (SSSR count). The van der Waals surface area contributed by atoms with Crippen LogP contribution in [0.15, 0.2) is 30.3 Å². The molecule has 0 saturated carbocycles. The highest BCUT2D eigenvalue weighted by Gasteiger charge is 2.20. The molecule has 1 aromatic heterocycles. The topological polar surface area (TPSA) is 46.6 Å². The van der Waals surface area contributed by atoms with Gasteiger partial charge in [-0.15, -0.1) is 11.3 Å². The number of fused-ring (bicyclic) bond motifs is 1. The van der Waals surface area contributed by atoms with Crippen molar-refractivity contribution in [1.29, 1.82) is 0 Å². The minimum atomic E-state index is -0.249. The van der Waals surface area contributed by atoms with E-state index in [-0.39, 0.29) is 18.5 Å². The summed E-state index contributed by atoms with van der Waals surface area (Å²) in [5, 5.41) is 0. The lowest BCUT2D eigenvalue weighted by Crippen LogP contribution is -2.27. The van der Waals surface area contributed by atoms with E-state index in [2.05, 4.69) is 0 Å². The number of rotatable bonds is 4. The molecule has 1 aliphatic heterocycles. The van der Waals surface area contributed by atoms with Gasteiger partial charge in [-0.2, -0.15) is 0 Å². The van der Waals surface area contributed by atoms with Crippen LogP contribution in [0.3, 0.4) is 0 Å². The first-order valence-electron chi connectivity index (χ1n) is 9.37. The van der Waals surface area contributed by atoms with Crippen LogP contribution in [-0.4, -0.2) is 29.9 Å². The highest BCUT2D eigenvalue weighted by molar-refractivity contribution is 7.14. The lowest BCUT2D eigenvalue weighted by Gasteiger charge is -2.15. The van der Waals surface area contributed by atoms with E-state index in [1.807, 2.05) is 35.2 Å². The number of carbonyl (C=O) groups excluding carboxylic acids is 2. The fourth-order valence-corrected chi connectivity index (χ4v) is 4.80. The number of aryl methyl sites for hydroxylation is 2. The number of ether oxygens (including phenoxy) is 1. The van der Waals surface area contributed by atoms with Gasteiger partial charge in [0.2, 0.25) is 0 Å². The van der Waals surface area contributed by atoms with Crippen LogP contribution in [0.1, 0.15) is 61.7 Å². The second-order valence-corrected chi connectivity index (χ2v) is 8.18. The molecule has 1 fully saturated rings. The van der Waals surface area contributed by atoms with Gasteiger partial charge in [0.05, 0.1) is 0 Å². The van der Waals surface area contributed by atoms with Crippen molar-refractivity contribution in [3.63, 3.8) is 0 Å². The first-order chi connectivity index (χ1) is 12.7. The van der Waals surface area contributed by atoms with E-state index >= 15 is 0 Å². The molecule has 1 aliphatic carbocycles. The van der Waals surface area contributed by atoms with Gasteiger partial charge in [0.1, 0.15) is 11.5 Å². The first kappa shape index (κ1) is 17.3. The van der Waals surface area contributed by atoms with Crippen LogP contribution in [0, 0.1) is 0 Å². The summed E-state index contributed by atoms with van der Waals surface area (Å²) in [4.78, 5) is 28.6. The van der Waals surface area contributed by atoms with Gasteiger partial charge in [0, 0.05) is 23.5 Å². The molecule has 5 heteroatoms. The molecular formula is C21H23NO3S. The van der Waals surface area contributed by atoms with Gasteiger partial charge >= 0.3 is 5.97 Å². The Labute approximate surface area is 157 Å². The normalized spacial score (nSPS) is 16.4. The molecule has 0 N–H and O–H groups in total. The number of nitrogens with zero attached hydrogens (tertiary/aromatic N) is 1. The van der Waals surface area contributed by atoms with E-state index < -0.39 is 0 Å². The molecule has 1 aromatic carbocycles. The van der Waals surface area contributed by atoms with Gasteiger partial charge in [0.15, 0.2) is 0 Å². The van der Waals surface area contributed by atoms with E-state index in [0.717, 1.165) is 44.3 Å². The van der Waals surface area contributed by atoms with Gasteiger partial charge < -0.3 is 9.64 Å². The predicted molar refractivity (Wildman–Crippen MR) is 102 cm³/mol. The maximum atomic E-state index is 12.3. The van der Waals surface area contributed by atoms with Crippen LogP contribution in [0.25, 0.3) is 0 Å². The Kier molecular flexibility index (Phi) is 5.07. The fourth-order valence-electron chi connectivity index (χ4n) is 3.66. The minimum Gasteiger partial charge on any atom is -0.457 e. The summed E-state index contributed by atoms with van der Waals surface area (Å²) in [7, 11) is 0. The zero-order valence-corrected chi connectivity index (χ0v) is 15.6. The summed E-state index contributed by atoms with van der Waals surface area (Å²) in [5.41, 5.74) is 2.92. The van der Waals surface area contributed by atoms with Crippen LogP contribution in [0.5, 0.6) is 0 Å². The Morgan fingerprint density at radius 2 is 1.73 bits per heavy atom. The Balaban J connectivity index is 1.34. The number of esters is 1. The summed E-state index contributed by atoms with van der Waals surface area (Å²) >= 11 is 1.57. The van der Waals surface area contributed by atoms with Crippen molar-refractivity contribution in [1.82, 2.24) is 4.90 Å². The van der Waals surface area contributed by atoms with Crippen molar-refractivity contribution < 1.29 is 14.3 Å². The Hall–Kier alpha value is -2.14. The van der Waals surface area contributed by atoms with Crippen molar-refractivity contribution >= 4 is 23.2 Å². The van der Waals surface area contributed by atoms with E-state index in [0.29, 0.717) is 10.4 Å². The molecule has 0 spiro atoms. The maximum absolute atomic E-state index is 12.3. The molecule has 2 aliphatic rings. The molecule has 0 bridgehead atoms. The first-order valence-corrected chi connectivity index (χ1v) is 10.2. The van der Waals surface area contributed by atoms with Crippen LogP contribution >= 0.6 is 11.3 Å². The largest absolute Gasteiger partial charge is 0.457 e. The highest BCUT2D eigenvalue weighted by atomic mass is 32.1. The Morgan fingerprint density at radius 1 is 1.00 bits per heavy atom. The van der Waals surface area contributed by atoms with Gasteiger partial charge in [-0.1, -0.05) is 12.1 Å². The number of likely N-dealkylation sites (tertiary alicyclic amines) is 1. The number of benzene rings is 1. The number of carbonyl (C=O) groups is 2. The van der Waals surface area contributed by atoms with Crippen molar-refractivity contribution in [2.24, 2.45) is 0 Å². The van der Waals surface area contributed by atoms with Crippen LogP contribution in [0.4, 0.5) is 0 Å². The van der Waals surface area contributed by atoms with Crippen molar-refractivity contribution in [3.05, 3.63) is 56.8 Å². The molecule has 0 atom stereocenters. The van der Waals surface area contributed by atoms with E-state index in [1.165, 1.54) is 23.3 Å². The standard InChI is InChI=1S/C21H23NO3S/c23-20(22-11-3-4-12-22)16-9-7-15(8-10-16)14-25-21(24)19-13-17-5-1-2-6-18(17)26-19/h7-10,13H,1-6,11-12,14H2. The van der Waals surface area contributed by atoms with Gasteiger partial charge in [-0.05, 0) is 67.9 Å². The van der Waals surface area contributed by atoms with E-state index in [9.17, 15) is 9.59 Å². The Morgan fingerprint density at radius 3 is 2.46 bits per heavy atom. The van der Waals surface area contributed by atoms with E-state index in [1.54, 1.807) is 11.3 Å². The third kappa shape index (κ3) is 3.68. The molecule has 1 amide bonds. The molecule has 2 heterocycles. The van der Waals surface area contributed by atoms with Gasteiger partial charge in [-0.3, -0.25) is 4.79 Å². The number of thiophene rings is 1. The lowest BCUT2D eigenvalue weighted by molar-refractivity contribution is 0.0478. The second-order valence-electron chi connectivity index (χ2n) is 7.04. The molecule has 0 unspecified atom stereocenters. The molecule has 0 radical (unpaired) electrons. The van der Waals surface area contributed by atoms with Gasteiger partial charge in [0.25, 0.3) is 5.91 Å². The SMILES string of the molecule is O=C(OCc1ccc(C(=O)N2CCCC2)cc1)c1cc2c(s1)CCCC2. The fraction of sp³-hybridized carbons (Fsp3) is 0.429. The number of hydrogen-bond acceptors (Lipinski definition) is 4. The smallest absolute Gasteiger partial charge is 0.348 e. The molecule has 2 aromatic rings. The van der Waals surface area contributed by atoms with Crippen molar-refractivity contribution in [3.8, 4) is 0 Å². The number of amides is 1. The van der Waals surface area contributed by atoms with Crippen LogP contribution in [0.2, 0.25) is 0 Å². The molecule has 26 heavy (non-hydrogen) atoms. The zero-order valence-electron chi connectivity index (χ0n) is 14.8. The van der Waals surface area contributed by atoms with Crippen LogP contribution in [-0.2, 0) is 24.2 Å². The maximum Gasteiger partial charge on any atom is 0.348 e. The summed E-state index contributed by atoms with van der Waals surface area (Å²) < 4.78 is 5.47. The highest BCUT2D eigenvalue weighted by Crippen LogP contribution is 2.30. The predicted octanol–water partition coefficient (Wildman–Crippen LogP) is 4.22.